The first-order valence-electron chi connectivity index (χ1n) is 4.61. The van der Waals surface area contributed by atoms with E-state index in [1.54, 1.807) is 18.2 Å². The lowest BCUT2D eigenvalue weighted by Crippen LogP contribution is -1.86. The summed E-state index contributed by atoms with van der Waals surface area (Å²) in [6, 6.07) is 5.17. The molecule has 0 bridgehead atoms. The Kier molecular flexibility index (Phi) is 2.70. The molecule has 2 rings (SSSR count). The van der Waals surface area contributed by atoms with Gasteiger partial charge in [0, 0.05) is 11.6 Å². The summed E-state index contributed by atoms with van der Waals surface area (Å²) in [6.07, 6.45) is 2.47. The Bertz CT molecular complexity index is 556. The van der Waals surface area contributed by atoms with Crippen LogP contribution >= 0.6 is 0 Å². The number of oxazole rings is 1. The van der Waals surface area contributed by atoms with E-state index < -0.39 is 5.97 Å². The topological polar surface area (TPSA) is 83.6 Å². The molecule has 0 aliphatic rings. The van der Waals surface area contributed by atoms with Gasteiger partial charge >= 0.3 is 5.97 Å². The van der Waals surface area contributed by atoms with E-state index in [9.17, 15) is 4.79 Å². The van der Waals surface area contributed by atoms with Crippen LogP contribution in [0.2, 0.25) is 0 Å². The van der Waals surface area contributed by atoms with Gasteiger partial charge < -0.3 is 14.6 Å². The normalized spacial score (nSPS) is 11.3. The molecule has 0 aliphatic carbocycles. The van der Waals surface area contributed by atoms with Gasteiger partial charge in [-0.15, -0.1) is 0 Å². The quantitative estimate of drug-likeness (QED) is 0.762. The van der Waals surface area contributed by atoms with Crippen LogP contribution in [-0.2, 0) is 11.4 Å². The van der Waals surface area contributed by atoms with E-state index in [-0.39, 0.29) is 12.5 Å². The number of aliphatic hydroxyl groups is 1. The number of aliphatic hydroxyl groups excluding tert-OH is 1. The number of fused-ring (bicyclic) bond motifs is 1. The van der Waals surface area contributed by atoms with Gasteiger partial charge in [-0.05, 0) is 12.1 Å². The predicted octanol–water partition coefficient (Wildman–Crippen LogP) is 1.42. The summed E-state index contributed by atoms with van der Waals surface area (Å²) in [5.41, 5.74) is 1.71. The van der Waals surface area contributed by atoms with Crippen molar-refractivity contribution in [1.82, 2.24) is 4.98 Å². The first kappa shape index (κ1) is 10.4. The number of hydrogen-bond donors (Lipinski definition) is 2. The number of benzene rings is 1. The Morgan fingerprint density at radius 3 is 3.00 bits per heavy atom. The van der Waals surface area contributed by atoms with Crippen LogP contribution < -0.4 is 0 Å². The highest BCUT2D eigenvalue weighted by molar-refractivity contribution is 5.90. The predicted molar refractivity (Wildman–Crippen MR) is 56.6 cm³/mol. The van der Waals surface area contributed by atoms with Gasteiger partial charge in [0.2, 0.25) is 5.89 Å². The van der Waals surface area contributed by atoms with E-state index in [2.05, 4.69) is 4.98 Å². The second kappa shape index (κ2) is 4.16. The molecule has 2 N–H and O–H groups in total. The maximum absolute atomic E-state index is 10.4. The van der Waals surface area contributed by atoms with Crippen LogP contribution in [0.1, 0.15) is 11.5 Å². The lowest BCUT2D eigenvalue weighted by molar-refractivity contribution is -0.131. The maximum Gasteiger partial charge on any atom is 0.328 e. The highest BCUT2D eigenvalue weighted by Gasteiger charge is 2.07. The third-order valence-corrected chi connectivity index (χ3v) is 2.04. The zero-order valence-electron chi connectivity index (χ0n) is 8.25. The Balaban J connectivity index is 2.52. The number of rotatable bonds is 3. The van der Waals surface area contributed by atoms with Crippen LogP contribution in [0.15, 0.2) is 28.7 Å². The second-order valence-electron chi connectivity index (χ2n) is 3.13. The number of carboxylic acid groups (broad SMARTS) is 1. The number of aliphatic carboxylic acids is 1. The van der Waals surface area contributed by atoms with Crippen LogP contribution in [0.3, 0.4) is 0 Å². The van der Waals surface area contributed by atoms with Crippen molar-refractivity contribution >= 4 is 23.1 Å². The van der Waals surface area contributed by atoms with Crippen LogP contribution in [0, 0.1) is 0 Å². The fraction of sp³-hybridized carbons (Fsp3) is 0.0909. The van der Waals surface area contributed by atoms with E-state index >= 15 is 0 Å². The Morgan fingerprint density at radius 2 is 2.31 bits per heavy atom. The lowest BCUT2D eigenvalue weighted by atomic mass is 10.2. The molecule has 1 aromatic carbocycles. The highest BCUT2D eigenvalue weighted by Crippen LogP contribution is 2.20. The number of aromatic nitrogens is 1. The van der Waals surface area contributed by atoms with Crippen molar-refractivity contribution in [1.29, 1.82) is 0 Å². The third kappa shape index (κ3) is 1.94. The molecule has 1 heterocycles. The summed E-state index contributed by atoms with van der Waals surface area (Å²) in [5.74, 6) is -0.811. The Hall–Kier alpha value is -2.14. The van der Waals surface area contributed by atoms with Gasteiger partial charge in [0.1, 0.15) is 12.1 Å². The first-order chi connectivity index (χ1) is 7.70. The molecular weight excluding hydrogens is 210 g/mol. The first-order valence-corrected chi connectivity index (χ1v) is 4.61. The van der Waals surface area contributed by atoms with Crippen molar-refractivity contribution in [2.45, 2.75) is 6.61 Å². The monoisotopic (exact) mass is 219 g/mol. The van der Waals surface area contributed by atoms with Crippen LogP contribution in [0.4, 0.5) is 0 Å². The molecule has 16 heavy (non-hydrogen) atoms. The van der Waals surface area contributed by atoms with E-state index in [1.165, 1.54) is 6.08 Å². The van der Waals surface area contributed by atoms with Gasteiger partial charge in [-0.2, -0.15) is 0 Å². The summed E-state index contributed by atoms with van der Waals surface area (Å²) in [4.78, 5) is 14.4. The van der Waals surface area contributed by atoms with Crippen molar-refractivity contribution in [3.63, 3.8) is 0 Å². The number of carbonyl (C=O) groups is 1. The Morgan fingerprint density at radius 1 is 1.50 bits per heavy atom. The highest BCUT2D eigenvalue weighted by atomic mass is 16.4. The molecule has 0 unspecified atom stereocenters. The molecule has 82 valence electrons. The smallest absolute Gasteiger partial charge is 0.328 e. The molecule has 2 aromatic rings. The molecule has 1 aromatic heterocycles. The zero-order chi connectivity index (χ0) is 11.5. The largest absolute Gasteiger partial charge is 0.478 e. The molecule has 0 saturated carbocycles. The summed E-state index contributed by atoms with van der Waals surface area (Å²) in [5, 5.41) is 17.4. The molecule has 0 amide bonds. The zero-order valence-corrected chi connectivity index (χ0v) is 8.25. The summed E-state index contributed by atoms with van der Waals surface area (Å²) < 4.78 is 5.22. The van der Waals surface area contributed by atoms with Crippen LogP contribution in [0.25, 0.3) is 17.2 Å². The minimum absolute atomic E-state index is 0.214. The summed E-state index contributed by atoms with van der Waals surface area (Å²) in [7, 11) is 0. The number of nitrogens with zero attached hydrogens (tertiary/aromatic N) is 1. The molecule has 5 nitrogen and oxygen atoms in total. The molecule has 5 heteroatoms. The average Bonchev–Trinajstić information content (AvgIpc) is 2.69. The molecule has 0 fully saturated rings. The number of para-hydroxylation sites is 1. The summed E-state index contributed by atoms with van der Waals surface area (Å²) in [6.45, 7) is -0.281. The van der Waals surface area contributed by atoms with E-state index in [0.29, 0.717) is 16.7 Å². The molecule has 0 spiro atoms. The maximum atomic E-state index is 10.4. The van der Waals surface area contributed by atoms with Crippen molar-refractivity contribution in [2.75, 3.05) is 0 Å². The number of hydrogen-bond acceptors (Lipinski definition) is 4. The standard InChI is InChI=1S/C11H9NO4/c13-6-9-12-11-7(4-5-10(14)15)2-1-3-8(11)16-9/h1-5,13H,6H2,(H,14,15)/b5-4+. The van der Waals surface area contributed by atoms with Crippen LogP contribution in [-0.4, -0.2) is 21.2 Å². The molecule has 0 saturated heterocycles. The summed E-state index contributed by atoms with van der Waals surface area (Å²) >= 11 is 0. The van der Waals surface area contributed by atoms with E-state index in [0.717, 1.165) is 6.08 Å². The minimum Gasteiger partial charge on any atom is -0.478 e. The molecule has 0 radical (unpaired) electrons. The fourth-order valence-electron chi connectivity index (χ4n) is 1.38. The van der Waals surface area contributed by atoms with Crippen molar-refractivity contribution in [3.8, 4) is 0 Å². The third-order valence-electron chi connectivity index (χ3n) is 2.04. The molecule has 0 aliphatic heterocycles. The minimum atomic E-state index is -1.03. The van der Waals surface area contributed by atoms with Gasteiger partial charge in [0.25, 0.3) is 0 Å². The second-order valence-corrected chi connectivity index (χ2v) is 3.13. The van der Waals surface area contributed by atoms with Crippen molar-refractivity contribution in [2.24, 2.45) is 0 Å². The van der Waals surface area contributed by atoms with Gasteiger partial charge in [0.05, 0.1) is 0 Å². The van der Waals surface area contributed by atoms with Gasteiger partial charge in [-0.1, -0.05) is 12.1 Å². The van der Waals surface area contributed by atoms with Gasteiger partial charge in [-0.3, -0.25) is 0 Å². The SMILES string of the molecule is O=C(O)/C=C/c1cccc2oc(CO)nc12. The van der Waals surface area contributed by atoms with Gasteiger partial charge in [-0.25, -0.2) is 9.78 Å². The van der Waals surface area contributed by atoms with Crippen molar-refractivity contribution in [3.05, 3.63) is 35.7 Å². The van der Waals surface area contributed by atoms with E-state index in [4.69, 9.17) is 14.6 Å². The van der Waals surface area contributed by atoms with Crippen LogP contribution in [0.5, 0.6) is 0 Å². The fourth-order valence-corrected chi connectivity index (χ4v) is 1.38. The van der Waals surface area contributed by atoms with E-state index in [1.807, 2.05) is 0 Å². The Labute approximate surface area is 90.6 Å². The molecular formula is C11H9NO4. The molecule has 0 atom stereocenters. The van der Waals surface area contributed by atoms with Gasteiger partial charge in [0.15, 0.2) is 5.58 Å². The average molecular weight is 219 g/mol. The lowest BCUT2D eigenvalue weighted by Gasteiger charge is -1.92. The van der Waals surface area contributed by atoms with Crippen molar-refractivity contribution < 1.29 is 19.4 Å². The number of carboxylic acids is 1.